The Morgan fingerprint density at radius 3 is 2.62 bits per heavy atom. The van der Waals surface area contributed by atoms with Crippen LogP contribution in [-0.4, -0.2) is 23.2 Å². The highest BCUT2D eigenvalue weighted by Gasteiger charge is 2.13. The van der Waals surface area contributed by atoms with Crippen LogP contribution >= 0.6 is 22.9 Å². The number of aliphatic hydroxyl groups excluding tert-OH is 1. The number of nitrogens with zero attached hydrogens (tertiary/aromatic N) is 2. The van der Waals surface area contributed by atoms with Crippen LogP contribution < -0.4 is 4.90 Å². The van der Waals surface area contributed by atoms with Gasteiger partial charge in [-0.3, -0.25) is 0 Å². The maximum atomic E-state index is 8.92. The summed E-state index contributed by atoms with van der Waals surface area (Å²) >= 11 is 7.24. The van der Waals surface area contributed by atoms with Crippen molar-refractivity contribution in [2.75, 3.05) is 11.9 Å². The average Bonchev–Trinajstić information content (AvgIpc) is 2.45. The largest absolute Gasteiger partial charge is 0.391 e. The van der Waals surface area contributed by atoms with Gasteiger partial charge in [0.15, 0.2) is 5.13 Å². The molecule has 0 saturated heterocycles. The van der Waals surface area contributed by atoms with E-state index in [0.29, 0.717) is 11.2 Å². The molecule has 1 heterocycles. The van der Waals surface area contributed by atoms with Crippen molar-refractivity contribution < 1.29 is 5.11 Å². The standard InChI is InChI=1S/C8H13ClN2OS/c1-5(2)11(3)8-10-7(9)6(4-12)13-8/h5,12H,4H2,1-3H3. The lowest BCUT2D eigenvalue weighted by Gasteiger charge is -2.19. The van der Waals surface area contributed by atoms with Gasteiger partial charge in [-0.25, -0.2) is 4.98 Å². The molecule has 13 heavy (non-hydrogen) atoms. The normalized spacial score (nSPS) is 10.9. The fourth-order valence-corrected chi connectivity index (χ4v) is 2.00. The number of aliphatic hydroxyl groups is 1. The Kier molecular flexibility index (Phi) is 3.53. The lowest BCUT2D eigenvalue weighted by Crippen LogP contribution is -2.25. The molecule has 0 saturated carbocycles. The lowest BCUT2D eigenvalue weighted by molar-refractivity contribution is 0.285. The highest BCUT2D eigenvalue weighted by atomic mass is 35.5. The highest BCUT2D eigenvalue weighted by molar-refractivity contribution is 7.16. The van der Waals surface area contributed by atoms with Crippen LogP contribution in [0.15, 0.2) is 0 Å². The van der Waals surface area contributed by atoms with Gasteiger partial charge in [0.25, 0.3) is 0 Å². The summed E-state index contributed by atoms with van der Waals surface area (Å²) < 4.78 is 0. The van der Waals surface area contributed by atoms with Gasteiger partial charge in [0, 0.05) is 13.1 Å². The molecule has 0 atom stereocenters. The van der Waals surface area contributed by atoms with Crippen molar-refractivity contribution in [1.82, 2.24) is 4.98 Å². The first-order valence-electron chi connectivity index (χ1n) is 4.05. The van der Waals surface area contributed by atoms with E-state index in [1.807, 2.05) is 11.9 Å². The first kappa shape index (κ1) is 10.8. The zero-order valence-electron chi connectivity index (χ0n) is 7.91. The Labute approximate surface area is 87.0 Å². The van der Waals surface area contributed by atoms with Gasteiger partial charge in [0.05, 0.1) is 11.5 Å². The Hall–Kier alpha value is -0.320. The van der Waals surface area contributed by atoms with Gasteiger partial charge in [-0.2, -0.15) is 0 Å². The van der Waals surface area contributed by atoms with Gasteiger partial charge in [-0.15, -0.1) is 0 Å². The quantitative estimate of drug-likeness (QED) is 0.848. The van der Waals surface area contributed by atoms with Crippen molar-refractivity contribution in [3.05, 3.63) is 10.0 Å². The predicted octanol–water partition coefficient (Wildman–Crippen LogP) is 2.13. The van der Waals surface area contributed by atoms with Gasteiger partial charge >= 0.3 is 0 Å². The molecule has 74 valence electrons. The minimum absolute atomic E-state index is 0.0393. The zero-order chi connectivity index (χ0) is 10.0. The third kappa shape index (κ3) is 2.33. The Morgan fingerprint density at radius 2 is 2.23 bits per heavy atom. The number of hydrogen-bond donors (Lipinski definition) is 1. The molecule has 0 aromatic carbocycles. The molecule has 1 aromatic rings. The first-order chi connectivity index (χ1) is 6.06. The summed E-state index contributed by atoms with van der Waals surface area (Å²) in [6.07, 6.45) is 0. The zero-order valence-corrected chi connectivity index (χ0v) is 9.48. The smallest absolute Gasteiger partial charge is 0.187 e. The third-order valence-corrected chi connectivity index (χ3v) is 3.41. The maximum Gasteiger partial charge on any atom is 0.187 e. The predicted molar refractivity (Wildman–Crippen MR) is 56.6 cm³/mol. The summed E-state index contributed by atoms with van der Waals surface area (Å²) in [4.78, 5) is 6.90. The second-order valence-electron chi connectivity index (χ2n) is 3.07. The van der Waals surface area contributed by atoms with Crippen LogP contribution in [0.5, 0.6) is 0 Å². The van der Waals surface area contributed by atoms with Gasteiger partial charge in [0.1, 0.15) is 5.15 Å². The van der Waals surface area contributed by atoms with Crippen LogP contribution in [0.3, 0.4) is 0 Å². The first-order valence-corrected chi connectivity index (χ1v) is 5.24. The van der Waals surface area contributed by atoms with E-state index in [0.717, 1.165) is 10.0 Å². The number of thiazole rings is 1. The summed E-state index contributed by atoms with van der Waals surface area (Å²) in [5, 5.41) is 10.2. The molecule has 0 aliphatic rings. The molecule has 3 nitrogen and oxygen atoms in total. The molecule has 0 radical (unpaired) electrons. The summed E-state index contributed by atoms with van der Waals surface area (Å²) in [7, 11) is 1.96. The SMILES string of the molecule is CC(C)N(C)c1nc(Cl)c(CO)s1. The van der Waals surface area contributed by atoms with Gasteiger partial charge in [-0.05, 0) is 13.8 Å². The molecule has 0 bridgehead atoms. The minimum Gasteiger partial charge on any atom is -0.391 e. The molecule has 0 aliphatic heterocycles. The van der Waals surface area contributed by atoms with Crippen LogP contribution in [0.25, 0.3) is 0 Å². The molecule has 1 N–H and O–H groups in total. The monoisotopic (exact) mass is 220 g/mol. The topological polar surface area (TPSA) is 36.4 Å². The van der Waals surface area contributed by atoms with Crippen molar-refractivity contribution in [1.29, 1.82) is 0 Å². The number of rotatable bonds is 3. The summed E-state index contributed by atoms with van der Waals surface area (Å²) in [5.74, 6) is 0. The molecule has 5 heteroatoms. The molecule has 1 rings (SSSR count). The van der Waals surface area contributed by atoms with E-state index in [9.17, 15) is 0 Å². The van der Waals surface area contributed by atoms with Crippen molar-refractivity contribution in [3.8, 4) is 0 Å². The molecule has 0 aliphatic carbocycles. The fraction of sp³-hybridized carbons (Fsp3) is 0.625. The van der Waals surface area contributed by atoms with Crippen molar-refractivity contribution in [2.45, 2.75) is 26.5 Å². The van der Waals surface area contributed by atoms with E-state index in [1.165, 1.54) is 11.3 Å². The van der Waals surface area contributed by atoms with E-state index in [1.54, 1.807) is 0 Å². The highest BCUT2D eigenvalue weighted by Crippen LogP contribution is 2.29. The van der Waals surface area contributed by atoms with Crippen molar-refractivity contribution in [3.63, 3.8) is 0 Å². The van der Waals surface area contributed by atoms with Crippen LogP contribution in [0, 0.1) is 0 Å². The molecule has 0 fully saturated rings. The molecule has 0 unspecified atom stereocenters. The summed E-state index contributed by atoms with van der Waals surface area (Å²) in [5.41, 5.74) is 0. The molecule has 0 amide bonds. The Morgan fingerprint density at radius 1 is 1.62 bits per heavy atom. The second kappa shape index (κ2) is 4.26. The summed E-state index contributed by atoms with van der Waals surface area (Å²) in [6, 6.07) is 0.383. The number of halogens is 1. The van der Waals surface area contributed by atoms with Gasteiger partial charge in [-0.1, -0.05) is 22.9 Å². The third-order valence-electron chi connectivity index (χ3n) is 1.86. The van der Waals surface area contributed by atoms with E-state index in [4.69, 9.17) is 16.7 Å². The van der Waals surface area contributed by atoms with E-state index in [-0.39, 0.29) is 6.61 Å². The van der Waals surface area contributed by atoms with Gasteiger partial charge < -0.3 is 10.0 Å². The average molecular weight is 221 g/mol. The number of aromatic nitrogens is 1. The van der Waals surface area contributed by atoms with E-state index >= 15 is 0 Å². The summed E-state index contributed by atoms with van der Waals surface area (Å²) in [6.45, 7) is 4.12. The van der Waals surface area contributed by atoms with Crippen molar-refractivity contribution >= 4 is 28.1 Å². The van der Waals surface area contributed by atoms with E-state index < -0.39 is 0 Å². The van der Waals surface area contributed by atoms with Crippen LogP contribution in [-0.2, 0) is 6.61 Å². The minimum atomic E-state index is -0.0393. The maximum absolute atomic E-state index is 8.92. The molecular formula is C8H13ClN2OS. The fourth-order valence-electron chi connectivity index (χ4n) is 0.791. The molecule has 1 aromatic heterocycles. The van der Waals surface area contributed by atoms with Crippen LogP contribution in [0.2, 0.25) is 5.15 Å². The number of anilines is 1. The van der Waals surface area contributed by atoms with Gasteiger partial charge in [0.2, 0.25) is 0 Å². The Balaban J connectivity index is 2.90. The van der Waals surface area contributed by atoms with E-state index in [2.05, 4.69) is 18.8 Å². The van der Waals surface area contributed by atoms with Crippen molar-refractivity contribution in [2.24, 2.45) is 0 Å². The molecular weight excluding hydrogens is 208 g/mol. The molecule has 0 spiro atoms. The van der Waals surface area contributed by atoms with Crippen LogP contribution in [0.1, 0.15) is 18.7 Å². The lowest BCUT2D eigenvalue weighted by atomic mass is 10.4. The van der Waals surface area contributed by atoms with Crippen LogP contribution in [0.4, 0.5) is 5.13 Å². The number of hydrogen-bond acceptors (Lipinski definition) is 4. The Bertz CT molecular complexity index is 288. The second-order valence-corrected chi connectivity index (χ2v) is 4.49.